The lowest BCUT2D eigenvalue weighted by Gasteiger charge is -2.45. The number of phenols is 2. The van der Waals surface area contributed by atoms with Gasteiger partial charge in [0, 0.05) is 48.9 Å². The van der Waals surface area contributed by atoms with Crippen LogP contribution in [0.4, 0.5) is 0 Å². The first-order chi connectivity index (χ1) is 19.8. The number of carbonyl (C=O) groups is 3. The number of nitrogens with one attached hydrogen (secondary N) is 1. The zero-order chi connectivity index (χ0) is 30.7. The van der Waals surface area contributed by atoms with Gasteiger partial charge in [0.15, 0.2) is 12.1 Å². The van der Waals surface area contributed by atoms with E-state index in [2.05, 4.69) is 5.32 Å². The Morgan fingerprint density at radius 1 is 1.19 bits per heavy atom. The first-order valence-electron chi connectivity index (χ1n) is 13.5. The van der Waals surface area contributed by atoms with Gasteiger partial charge >= 0.3 is 0 Å². The fourth-order valence-electron chi connectivity index (χ4n) is 6.28. The second-order valence-corrected chi connectivity index (χ2v) is 11.1. The molecular formula is C29H34N2O11. The Balaban J connectivity index is 1.69. The Labute approximate surface area is 240 Å². The van der Waals surface area contributed by atoms with Gasteiger partial charge in [-0.1, -0.05) is 12.1 Å². The van der Waals surface area contributed by atoms with Crippen LogP contribution in [0.2, 0.25) is 0 Å². The lowest BCUT2D eigenvalue weighted by Crippen LogP contribution is -2.58. The lowest BCUT2D eigenvalue weighted by atomic mass is 9.71. The van der Waals surface area contributed by atoms with Crippen molar-refractivity contribution in [2.45, 2.75) is 75.4 Å². The Bertz CT molecular complexity index is 1450. The Kier molecular flexibility index (Phi) is 7.77. The molecule has 13 heteroatoms. The number of rotatable bonds is 6. The molecule has 1 amide bonds. The molecule has 1 fully saturated rings. The van der Waals surface area contributed by atoms with Gasteiger partial charge in [-0.05, 0) is 13.0 Å². The van der Waals surface area contributed by atoms with Crippen LogP contribution < -0.4 is 15.8 Å². The summed E-state index contributed by atoms with van der Waals surface area (Å²) in [6.07, 6.45) is -4.73. The number of fused-ring (bicyclic) bond motifs is 3. The third-order valence-electron chi connectivity index (χ3n) is 8.38. The van der Waals surface area contributed by atoms with E-state index in [4.69, 9.17) is 19.9 Å². The number of ether oxygens (including phenoxy) is 3. The highest BCUT2D eigenvalue weighted by molar-refractivity contribution is 6.31. The quantitative estimate of drug-likeness (QED) is 0.189. The molecular weight excluding hydrogens is 552 g/mol. The van der Waals surface area contributed by atoms with Gasteiger partial charge in [0.25, 0.3) is 0 Å². The summed E-state index contributed by atoms with van der Waals surface area (Å²) >= 11 is 0. The smallest absolute Gasteiger partial charge is 0.217 e. The van der Waals surface area contributed by atoms with Crippen LogP contribution in [-0.4, -0.2) is 92.9 Å². The van der Waals surface area contributed by atoms with Crippen molar-refractivity contribution in [2.24, 2.45) is 5.73 Å². The molecule has 3 aliphatic rings. The number of carbonyl (C=O) groups excluding carboxylic acids is 3. The molecule has 42 heavy (non-hydrogen) atoms. The molecule has 2 aromatic carbocycles. The number of hydrogen-bond donors (Lipinski definition) is 7. The van der Waals surface area contributed by atoms with E-state index in [1.165, 1.54) is 32.2 Å². The van der Waals surface area contributed by atoms with E-state index in [0.29, 0.717) is 0 Å². The van der Waals surface area contributed by atoms with Crippen LogP contribution >= 0.6 is 0 Å². The maximum absolute atomic E-state index is 13.8. The maximum atomic E-state index is 13.8. The minimum atomic E-state index is -1.94. The standard InChI is InChI=1S/C29H34N2O11/c1-11-24(34)15(30)7-19(41-11)42-17-9-29(39,18(10-32)31-12(2)33)8-14-21(17)28(38)23-22(26(14)36)25(35)13-5-4-6-16(40-3)20(13)27(23)37/h4-6,11,15,17-19,24,32,34,36,38-39H,7-10,30H2,1-3H3,(H,31,33)/t11?,15?,17?,18?,19?,24?,29-/m0/s1. The van der Waals surface area contributed by atoms with Crippen LogP contribution in [0.15, 0.2) is 18.2 Å². The van der Waals surface area contributed by atoms with Crippen molar-refractivity contribution in [3.05, 3.63) is 51.6 Å². The first-order valence-corrected chi connectivity index (χ1v) is 13.5. The summed E-state index contributed by atoms with van der Waals surface area (Å²) in [5.74, 6) is -3.22. The fourth-order valence-corrected chi connectivity index (χ4v) is 6.28. The number of methoxy groups -OCH3 is 1. The van der Waals surface area contributed by atoms with Crippen LogP contribution in [0.5, 0.6) is 17.2 Å². The van der Waals surface area contributed by atoms with Crippen molar-refractivity contribution in [3.63, 3.8) is 0 Å². The highest BCUT2D eigenvalue weighted by atomic mass is 16.7. The molecule has 1 heterocycles. The predicted molar refractivity (Wildman–Crippen MR) is 144 cm³/mol. The summed E-state index contributed by atoms with van der Waals surface area (Å²) in [7, 11) is 1.33. The van der Waals surface area contributed by atoms with Crippen LogP contribution in [0, 0.1) is 0 Å². The Hall–Kier alpha value is -3.59. The summed E-state index contributed by atoms with van der Waals surface area (Å²) in [5, 5.41) is 57.8. The van der Waals surface area contributed by atoms with E-state index in [1.54, 1.807) is 6.92 Å². The summed E-state index contributed by atoms with van der Waals surface area (Å²) in [6, 6.07) is 2.45. The second-order valence-electron chi connectivity index (χ2n) is 11.1. The number of hydrogen-bond acceptors (Lipinski definition) is 12. The average molecular weight is 587 g/mol. The van der Waals surface area contributed by atoms with E-state index in [9.17, 15) is 39.9 Å². The van der Waals surface area contributed by atoms with Crippen LogP contribution in [0.3, 0.4) is 0 Å². The number of benzene rings is 2. The molecule has 6 unspecified atom stereocenters. The predicted octanol–water partition coefficient (Wildman–Crippen LogP) is -0.0631. The van der Waals surface area contributed by atoms with Gasteiger partial charge in [-0.2, -0.15) is 0 Å². The summed E-state index contributed by atoms with van der Waals surface area (Å²) < 4.78 is 17.3. The summed E-state index contributed by atoms with van der Waals surface area (Å²) in [5.41, 5.74) is 2.94. The highest BCUT2D eigenvalue weighted by Crippen LogP contribution is 2.53. The van der Waals surface area contributed by atoms with E-state index < -0.39 is 95.4 Å². The monoisotopic (exact) mass is 586 g/mol. The molecule has 0 spiro atoms. The summed E-state index contributed by atoms with van der Waals surface area (Å²) in [4.78, 5) is 39.3. The first kappa shape index (κ1) is 29.9. The van der Waals surface area contributed by atoms with E-state index in [1.807, 2.05) is 0 Å². The van der Waals surface area contributed by atoms with Gasteiger partial charge in [0.05, 0.1) is 60.4 Å². The van der Waals surface area contributed by atoms with Gasteiger partial charge in [0.2, 0.25) is 11.7 Å². The van der Waals surface area contributed by atoms with E-state index in [0.717, 1.165) is 0 Å². The Morgan fingerprint density at radius 3 is 2.50 bits per heavy atom. The van der Waals surface area contributed by atoms with Crippen molar-refractivity contribution in [1.29, 1.82) is 0 Å². The van der Waals surface area contributed by atoms with Gasteiger partial charge < -0.3 is 50.8 Å². The molecule has 5 rings (SSSR count). The number of aliphatic hydroxyl groups excluding tert-OH is 2. The van der Waals surface area contributed by atoms with Gasteiger partial charge in [-0.25, -0.2) is 0 Å². The number of amides is 1. The molecule has 8 N–H and O–H groups in total. The molecule has 0 bridgehead atoms. The van der Waals surface area contributed by atoms with Crippen LogP contribution in [0.1, 0.15) is 75.8 Å². The molecule has 2 aliphatic carbocycles. The second kappa shape index (κ2) is 10.9. The number of phenolic OH excluding ortho intramolecular Hbond substituents is 2. The van der Waals surface area contributed by atoms with Gasteiger partial charge in [-0.15, -0.1) is 0 Å². The maximum Gasteiger partial charge on any atom is 0.217 e. The van der Waals surface area contributed by atoms with E-state index >= 15 is 0 Å². The highest BCUT2D eigenvalue weighted by Gasteiger charge is 2.50. The molecule has 1 saturated heterocycles. The molecule has 0 radical (unpaired) electrons. The fraction of sp³-hybridized carbons (Fsp3) is 0.483. The molecule has 0 aromatic heterocycles. The van der Waals surface area contributed by atoms with Crippen molar-refractivity contribution in [2.75, 3.05) is 13.7 Å². The minimum Gasteiger partial charge on any atom is -0.507 e. The van der Waals surface area contributed by atoms with Gasteiger partial charge in [0.1, 0.15) is 17.2 Å². The third kappa shape index (κ3) is 4.71. The Morgan fingerprint density at radius 2 is 1.88 bits per heavy atom. The number of aromatic hydroxyl groups is 2. The zero-order valence-electron chi connectivity index (χ0n) is 23.3. The van der Waals surface area contributed by atoms with E-state index in [-0.39, 0.29) is 40.8 Å². The molecule has 7 atom stereocenters. The van der Waals surface area contributed by atoms with Gasteiger partial charge in [-0.3, -0.25) is 14.4 Å². The van der Waals surface area contributed by atoms with Crippen LogP contribution in [0.25, 0.3) is 0 Å². The largest absolute Gasteiger partial charge is 0.507 e. The number of ketones is 2. The molecule has 0 saturated carbocycles. The molecule has 1 aliphatic heterocycles. The molecule has 226 valence electrons. The van der Waals surface area contributed by atoms with Crippen molar-refractivity contribution >= 4 is 17.5 Å². The number of aliphatic hydroxyl groups is 3. The minimum absolute atomic E-state index is 0.0323. The molecule has 13 nitrogen and oxygen atoms in total. The number of nitrogens with two attached hydrogens (primary N) is 1. The zero-order valence-corrected chi connectivity index (χ0v) is 23.3. The molecule has 2 aromatic rings. The SMILES string of the molecule is COc1cccc2c1C(=O)c1c(O)c3c(c(O)c1C2=O)C[C@@](O)(C(CO)NC(C)=O)CC3OC1CC(N)C(O)C(C)O1. The van der Waals surface area contributed by atoms with Crippen LogP contribution in [-0.2, 0) is 20.7 Å². The normalized spacial score (nSPS) is 29.3. The summed E-state index contributed by atoms with van der Waals surface area (Å²) in [6.45, 7) is 2.11. The third-order valence-corrected chi connectivity index (χ3v) is 8.38. The van der Waals surface area contributed by atoms with Crippen molar-refractivity contribution in [3.8, 4) is 17.2 Å². The lowest BCUT2D eigenvalue weighted by molar-refractivity contribution is -0.248. The van der Waals surface area contributed by atoms with Crippen molar-refractivity contribution < 1.29 is 54.1 Å². The average Bonchev–Trinajstić information content (AvgIpc) is 2.94. The topological polar surface area (TPSA) is 218 Å². The van der Waals surface area contributed by atoms with Crippen molar-refractivity contribution in [1.82, 2.24) is 5.32 Å².